The van der Waals surface area contributed by atoms with Gasteiger partial charge in [0.15, 0.2) is 0 Å². The Hall–Kier alpha value is -0.220. The molecule has 0 amide bonds. The lowest BCUT2D eigenvalue weighted by molar-refractivity contribution is 0.157. The molecule has 0 bridgehead atoms. The van der Waals surface area contributed by atoms with Gasteiger partial charge < -0.3 is 10.1 Å². The quantitative estimate of drug-likeness (QED) is 0.785. The first-order valence-electron chi connectivity index (χ1n) is 5.60. The zero-order valence-electron chi connectivity index (χ0n) is 10.7. The van der Waals surface area contributed by atoms with Gasteiger partial charge >= 0.3 is 0 Å². The lowest BCUT2D eigenvalue weighted by atomic mass is 9.90. The minimum atomic E-state index is 0.0765. The van der Waals surface area contributed by atoms with Gasteiger partial charge in [-0.1, -0.05) is 48.7 Å². The van der Waals surface area contributed by atoms with Gasteiger partial charge in [-0.05, 0) is 17.9 Å². The second-order valence-corrected chi connectivity index (χ2v) is 6.02. The molecule has 102 valence electrons. The maximum atomic E-state index is 6.04. The zero-order chi connectivity index (χ0) is 13.8. The highest BCUT2D eigenvalue weighted by Gasteiger charge is 2.18. The average Bonchev–Trinajstić information content (AvgIpc) is 2.30. The maximum absolute atomic E-state index is 6.04. The van der Waals surface area contributed by atoms with Crippen LogP contribution in [0.5, 0.6) is 0 Å². The van der Waals surface area contributed by atoms with E-state index in [0.29, 0.717) is 15.9 Å². The monoisotopic (exact) mass is 310 g/mol. The molecular weight excluding hydrogens is 295 g/mol. The van der Waals surface area contributed by atoms with Gasteiger partial charge in [0.1, 0.15) is 11.0 Å². The summed E-state index contributed by atoms with van der Waals surface area (Å²) in [6.45, 7) is 5.73. The van der Waals surface area contributed by atoms with Crippen molar-refractivity contribution in [1.29, 1.82) is 0 Å². The van der Waals surface area contributed by atoms with Gasteiger partial charge in [-0.3, -0.25) is 0 Å². The second-order valence-electron chi connectivity index (χ2n) is 4.85. The molecule has 0 unspecified atom stereocenters. The Labute approximate surface area is 123 Å². The fourth-order valence-corrected chi connectivity index (χ4v) is 1.92. The van der Waals surface area contributed by atoms with E-state index in [9.17, 15) is 0 Å². The van der Waals surface area contributed by atoms with Crippen molar-refractivity contribution in [3.63, 3.8) is 0 Å². The molecular formula is C12H17Cl3N2O. The molecule has 0 spiro atoms. The topological polar surface area (TPSA) is 34.1 Å². The molecule has 1 aromatic rings. The molecule has 0 aliphatic carbocycles. The number of anilines is 1. The predicted molar refractivity (Wildman–Crippen MR) is 78.0 cm³/mol. The lowest BCUT2D eigenvalue weighted by Gasteiger charge is -2.25. The van der Waals surface area contributed by atoms with Crippen molar-refractivity contribution < 1.29 is 4.74 Å². The Morgan fingerprint density at radius 3 is 2.56 bits per heavy atom. The van der Waals surface area contributed by atoms with Crippen molar-refractivity contribution in [1.82, 2.24) is 4.98 Å². The summed E-state index contributed by atoms with van der Waals surface area (Å²) >= 11 is 17.7. The Morgan fingerprint density at radius 2 is 1.94 bits per heavy atom. The van der Waals surface area contributed by atoms with Crippen molar-refractivity contribution in [3.05, 3.63) is 21.3 Å². The summed E-state index contributed by atoms with van der Waals surface area (Å²) in [5.74, 6) is 0.552. The van der Waals surface area contributed by atoms with Gasteiger partial charge in [0, 0.05) is 20.3 Å². The molecule has 3 nitrogen and oxygen atoms in total. The van der Waals surface area contributed by atoms with E-state index in [-0.39, 0.29) is 10.6 Å². The average molecular weight is 312 g/mol. The molecule has 0 radical (unpaired) electrons. The summed E-state index contributed by atoms with van der Waals surface area (Å²) in [6.07, 6.45) is 0.940. The van der Waals surface area contributed by atoms with Crippen LogP contribution in [-0.4, -0.2) is 25.2 Å². The van der Waals surface area contributed by atoms with Crippen molar-refractivity contribution >= 4 is 40.6 Å². The van der Waals surface area contributed by atoms with Crippen LogP contribution in [0.15, 0.2) is 6.07 Å². The molecule has 0 aliphatic heterocycles. The second kappa shape index (κ2) is 6.80. The van der Waals surface area contributed by atoms with Crippen LogP contribution in [0.25, 0.3) is 0 Å². The fourth-order valence-electron chi connectivity index (χ4n) is 1.36. The Kier molecular flexibility index (Phi) is 5.99. The third-order valence-electron chi connectivity index (χ3n) is 2.60. The van der Waals surface area contributed by atoms with Crippen LogP contribution < -0.4 is 5.32 Å². The first kappa shape index (κ1) is 15.8. The Morgan fingerprint density at radius 1 is 1.28 bits per heavy atom. The van der Waals surface area contributed by atoms with Crippen LogP contribution in [0, 0.1) is 5.41 Å². The summed E-state index contributed by atoms with van der Waals surface area (Å²) < 4.78 is 5.08. The minimum absolute atomic E-state index is 0.0765. The van der Waals surface area contributed by atoms with Gasteiger partial charge in [-0.15, -0.1) is 0 Å². The highest BCUT2D eigenvalue weighted by atomic mass is 35.5. The number of pyridine rings is 1. The van der Waals surface area contributed by atoms with Gasteiger partial charge in [0.2, 0.25) is 0 Å². The van der Waals surface area contributed by atoms with Crippen molar-refractivity contribution in [2.75, 3.05) is 25.6 Å². The molecule has 1 aromatic heterocycles. The summed E-state index contributed by atoms with van der Waals surface area (Å²) in [6, 6.07) is 1.59. The predicted octanol–water partition coefficient (Wildman–Crippen LogP) is 4.52. The van der Waals surface area contributed by atoms with Gasteiger partial charge in [0.25, 0.3) is 0 Å². The first-order valence-corrected chi connectivity index (χ1v) is 6.73. The van der Waals surface area contributed by atoms with E-state index in [1.165, 1.54) is 0 Å². The number of nitrogens with zero attached hydrogens (tertiary/aromatic N) is 1. The number of hydrogen-bond donors (Lipinski definition) is 1. The van der Waals surface area contributed by atoms with E-state index in [1.807, 2.05) is 0 Å². The smallest absolute Gasteiger partial charge is 0.150 e. The lowest BCUT2D eigenvalue weighted by Crippen LogP contribution is -2.25. The number of hydrogen-bond acceptors (Lipinski definition) is 3. The molecule has 18 heavy (non-hydrogen) atoms. The van der Waals surface area contributed by atoms with Crippen LogP contribution in [0.4, 0.5) is 5.82 Å². The molecule has 1 rings (SSSR count). The zero-order valence-corrected chi connectivity index (χ0v) is 13.0. The largest absolute Gasteiger partial charge is 0.385 e. The standard InChI is InChI=1S/C12H17Cl3N2O/c1-12(2,4-5-18-3)7-16-11-9(14)6-8(13)10(15)17-11/h6H,4-5,7H2,1-3H3,(H,16,17). The van der Waals surface area contributed by atoms with Crippen molar-refractivity contribution in [2.24, 2.45) is 5.41 Å². The normalized spacial score (nSPS) is 11.7. The molecule has 0 saturated heterocycles. The summed E-state index contributed by atoms with van der Waals surface area (Å²) in [4.78, 5) is 4.11. The SMILES string of the molecule is COCCC(C)(C)CNc1nc(Cl)c(Cl)cc1Cl. The van der Waals surface area contributed by atoms with Crippen LogP contribution in [0.2, 0.25) is 15.2 Å². The molecule has 1 heterocycles. The number of halogens is 3. The number of methoxy groups -OCH3 is 1. The van der Waals surface area contributed by atoms with Crippen LogP contribution in [0.3, 0.4) is 0 Å². The molecule has 0 aliphatic rings. The highest BCUT2D eigenvalue weighted by Crippen LogP contribution is 2.30. The molecule has 0 saturated carbocycles. The third-order valence-corrected chi connectivity index (χ3v) is 3.57. The van der Waals surface area contributed by atoms with Crippen molar-refractivity contribution in [2.45, 2.75) is 20.3 Å². The van der Waals surface area contributed by atoms with E-state index < -0.39 is 0 Å². The van der Waals surface area contributed by atoms with Crippen LogP contribution >= 0.6 is 34.8 Å². The van der Waals surface area contributed by atoms with E-state index in [1.54, 1.807) is 13.2 Å². The molecule has 6 heteroatoms. The Bertz CT molecular complexity index is 411. The molecule has 1 N–H and O–H groups in total. The van der Waals surface area contributed by atoms with Crippen LogP contribution in [0.1, 0.15) is 20.3 Å². The number of rotatable bonds is 6. The molecule has 0 fully saturated rings. The van der Waals surface area contributed by atoms with Crippen molar-refractivity contribution in [3.8, 4) is 0 Å². The van der Waals surface area contributed by atoms with E-state index in [0.717, 1.165) is 19.6 Å². The fraction of sp³-hybridized carbons (Fsp3) is 0.583. The molecule has 0 aromatic carbocycles. The van der Waals surface area contributed by atoms with Gasteiger partial charge in [-0.25, -0.2) is 4.98 Å². The first-order chi connectivity index (χ1) is 8.35. The summed E-state index contributed by atoms with van der Waals surface area (Å²) in [5, 5.41) is 4.25. The summed E-state index contributed by atoms with van der Waals surface area (Å²) in [5.41, 5.74) is 0.0765. The van der Waals surface area contributed by atoms with Gasteiger partial charge in [0.05, 0.1) is 10.0 Å². The number of aromatic nitrogens is 1. The Balaban J connectivity index is 2.66. The minimum Gasteiger partial charge on any atom is -0.385 e. The highest BCUT2D eigenvalue weighted by molar-refractivity contribution is 6.42. The number of ether oxygens (including phenoxy) is 1. The van der Waals surface area contributed by atoms with E-state index in [2.05, 4.69) is 24.1 Å². The third kappa shape index (κ3) is 4.81. The maximum Gasteiger partial charge on any atom is 0.150 e. The molecule has 0 atom stereocenters. The summed E-state index contributed by atoms with van der Waals surface area (Å²) in [7, 11) is 1.70. The van der Waals surface area contributed by atoms with Gasteiger partial charge in [-0.2, -0.15) is 0 Å². The van der Waals surface area contributed by atoms with E-state index in [4.69, 9.17) is 39.5 Å². The number of nitrogens with one attached hydrogen (secondary N) is 1. The van der Waals surface area contributed by atoms with Crippen LogP contribution in [-0.2, 0) is 4.74 Å². The van der Waals surface area contributed by atoms with E-state index >= 15 is 0 Å².